The summed E-state index contributed by atoms with van der Waals surface area (Å²) < 4.78 is 13.2. The van der Waals surface area contributed by atoms with Crippen LogP contribution in [0.1, 0.15) is 16.8 Å². The van der Waals surface area contributed by atoms with Gasteiger partial charge in [-0.05, 0) is 42.5 Å². The molecule has 8 nitrogen and oxygen atoms in total. The van der Waals surface area contributed by atoms with Gasteiger partial charge in [0.15, 0.2) is 0 Å². The second-order valence-electron chi connectivity index (χ2n) is 6.84. The van der Waals surface area contributed by atoms with Crippen LogP contribution in [0.2, 0.25) is 5.02 Å². The lowest BCUT2D eigenvalue weighted by Crippen LogP contribution is -2.39. The number of halogens is 2. The Morgan fingerprint density at radius 2 is 1.87 bits per heavy atom. The van der Waals surface area contributed by atoms with Crippen LogP contribution in [0.5, 0.6) is 0 Å². The molecule has 156 valence electrons. The van der Waals surface area contributed by atoms with Gasteiger partial charge in [-0.15, -0.1) is 0 Å². The van der Waals surface area contributed by atoms with Crippen LogP contribution in [-0.2, 0) is 9.59 Å². The Labute approximate surface area is 177 Å². The maximum Gasteiger partial charge on any atom is 0.271 e. The molecule has 1 aliphatic rings. The van der Waals surface area contributed by atoms with Crippen LogP contribution < -0.4 is 16.1 Å². The number of nitrogens with two attached hydrogens (primary N) is 1. The number of carbonyl (C=O) groups excluding carboxylic acids is 3. The van der Waals surface area contributed by atoms with Crippen LogP contribution in [0.15, 0.2) is 47.6 Å². The largest absolute Gasteiger partial charge is 0.368 e. The first-order chi connectivity index (χ1) is 14.2. The fourth-order valence-corrected chi connectivity index (χ4v) is 3.17. The van der Waals surface area contributed by atoms with E-state index in [-0.39, 0.29) is 23.1 Å². The molecule has 2 aromatic rings. The van der Waals surface area contributed by atoms with Crippen molar-refractivity contribution in [2.45, 2.75) is 12.5 Å². The number of hydrogen-bond acceptors (Lipinski definition) is 5. The van der Waals surface area contributed by atoms with Crippen molar-refractivity contribution in [3.63, 3.8) is 0 Å². The SMILES string of the molecule is CN(C)C(=O)c1ccc(NC(=O)C2=NN(c3ccc(F)cc3)C(C(N)=O)C2)cc1Cl. The predicted molar refractivity (Wildman–Crippen MR) is 112 cm³/mol. The van der Waals surface area contributed by atoms with Crippen LogP contribution in [0.3, 0.4) is 0 Å². The molecule has 0 fully saturated rings. The first-order valence-electron chi connectivity index (χ1n) is 8.91. The van der Waals surface area contributed by atoms with Gasteiger partial charge in [0.1, 0.15) is 17.6 Å². The molecular formula is C20H19ClFN5O3. The van der Waals surface area contributed by atoms with E-state index in [1.54, 1.807) is 20.2 Å². The van der Waals surface area contributed by atoms with Crippen LogP contribution in [0.4, 0.5) is 15.8 Å². The maximum atomic E-state index is 13.2. The third-order valence-corrected chi connectivity index (χ3v) is 4.77. The van der Waals surface area contributed by atoms with E-state index in [1.165, 1.54) is 46.3 Å². The van der Waals surface area contributed by atoms with E-state index in [0.29, 0.717) is 16.9 Å². The molecule has 3 amide bonds. The molecule has 3 N–H and O–H groups in total. The molecule has 1 aliphatic heterocycles. The van der Waals surface area contributed by atoms with Crippen molar-refractivity contribution in [3.8, 4) is 0 Å². The van der Waals surface area contributed by atoms with Gasteiger partial charge in [-0.2, -0.15) is 5.10 Å². The van der Waals surface area contributed by atoms with Crippen LogP contribution >= 0.6 is 11.6 Å². The molecule has 10 heteroatoms. The lowest BCUT2D eigenvalue weighted by Gasteiger charge is -2.20. The minimum atomic E-state index is -0.875. The fraction of sp³-hybridized carbons (Fsp3) is 0.200. The fourth-order valence-electron chi connectivity index (χ4n) is 2.91. The van der Waals surface area contributed by atoms with Gasteiger partial charge in [-0.1, -0.05) is 11.6 Å². The zero-order valence-corrected chi connectivity index (χ0v) is 17.0. The van der Waals surface area contributed by atoms with Crippen molar-refractivity contribution in [1.29, 1.82) is 0 Å². The highest BCUT2D eigenvalue weighted by atomic mass is 35.5. The van der Waals surface area contributed by atoms with Crippen LogP contribution in [0, 0.1) is 5.82 Å². The lowest BCUT2D eigenvalue weighted by atomic mass is 10.1. The number of nitrogens with one attached hydrogen (secondary N) is 1. The summed E-state index contributed by atoms with van der Waals surface area (Å²) in [6.07, 6.45) is -0.0104. The van der Waals surface area contributed by atoms with E-state index in [0.717, 1.165) is 0 Å². The summed E-state index contributed by atoms with van der Waals surface area (Å²) in [6.45, 7) is 0. The van der Waals surface area contributed by atoms with E-state index in [2.05, 4.69) is 10.4 Å². The quantitative estimate of drug-likeness (QED) is 0.756. The van der Waals surface area contributed by atoms with Gasteiger partial charge in [0.05, 0.1) is 16.3 Å². The first-order valence-corrected chi connectivity index (χ1v) is 9.29. The van der Waals surface area contributed by atoms with Gasteiger partial charge in [-0.25, -0.2) is 4.39 Å². The summed E-state index contributed by atoms with van der Waals surface area (Å²) in [5.41, 5.74) is 6.61. The predicted octanol–water partition coefficient (Wildman–Crippen LogP) is 2.24. The zero-order chi connectivity index (χ0) is 22.0. The van der Waals surface area contributed by atoms with Crippen LogP contribution in [-0.4, -0.2) is 48.5 Å². The monoisotopic (exact) mass is 431 g/mol. The molecule has 30 heavy (non-hydrogen) atoms. The highest BCUT2D eigenvalue weighted by molar-refractivity contribution is 6.44. The van der Waals surface area contributed by atoms with Gasteiger partial charge >= 0.3 is 0 Å². The average molecular weight is 432 g/mol. The molecule has 0 aliphatic carbocycles. The van der Waals surface area contributed by atoms with Crippen molar-refractivity contribution in [2.24, 2.45) is 10.8 Å². The lowest BCUT2D eigenvalue weighted by molar-refractivity contribution is -0.119. The van der Waals surface area contributed by atoms with E-state index in [9.17, 15) is 18.8 Å². The Balaban J connectivity index is 1.80. The molecular weight excluding hydrogens is 413 g/mol. The summed E-state index contributed by atoms with van der Waals surface area (Å²) in [5.74, 6) is -1.92. The number of anilines is 2. The van der Waals surface area contributed by atoms with Gasteiger partial charge < -0.3 is 16.0 Å². The van der Waals surface area contributed by atoms with Crippen molar-refractivity contribution in [2.75, 3.05) is 24.4 Å². The van der Waals surface area contributed by atoms with E-state index < -0.39 is 23.7 Å². The summed E-state index contributed by atoms with van der Waals surface area (Å²) in [6, 6.07) is 8.95. The summed E-state index contributed by atoms with van der Waals surface area (Å²) in [4.78, 5) is 37.9. The van der Waals surface area contributed by atoms with E-state index in [4.69, 9.17) is 17.3 Å². The third-order valence-electron chi connectivity index (χ3n) is 4.46. The van der Waals surface area contributed by atoms with Crippen molar-refractivity contribution in [3.05, 3.63) is 58.9 Å². The molecule has 0 saturated heterocycles. The molecule has 0 bridgehead atoms. The number of benzene rings is 2. The molecule has 0 aromatic heterocycles. The Bertz CT molecular complexity index is 1040. The highest BCUT2D eigenvalue weighted by Gasteiger charge is 2.35. The van der Waals surface area contributed by atoms with Crippen molar-refractivity contribution < 1.29 is 18.8 Å². The minimum absolute atomic E-state index is 0.0104. The molecule has 1 unspecified atom stereocenters. The molecule has 0 spiro atoms. The topological polar surface area (TPSA) is 108 Å². The highest BCUT2D eigenvalue weighted by Crippen LogP contribution is 2.26. The van der Waals surface area contributed by atoms with Gasteiger partial charge in [0.2, 0.25) is 5.91 Å². The minimum Gasteiger partial charge on any atom is -0.368 e. The summed E-state index contributed by atoms with van der Waals surface area (Å²) in [7, 11) is 3.21. The van der Waals surface area contributed by atoms with Crippen molar-refractivity contribution >= 4 is 46.4 Å². The number of hydrazone groups is 1. The number of amides is 3. The number of primary amides is 1. The van der Waals surface area contributed by atoms with E-state index in [1.807, 2.05) is 0 Å². The number of rotatable bonds is 5. The molecule has 1 atom stereocenters. The van der Waals surface area contributed by atoms with E-state index >= 15 is 0 Å². The van der Waals surface area contributed by atoms with Gasteiger partial charge in [0.25, 0.3) is 11.8 Å². The Morgan fingerprint density at radius 3 is 2.43 bits per heavy atom. The summed E-state index contributed by atoms with van der Waals surface area (Å²) in [5, 5.41) is 8.32. The van der Waals surface area contributed by atoms with Gasteiger partial charge in [-0.3, -0.25) is 19.4 Å². The van der Waals surface area contributed by atoms with Crippen molar-refractivity contribution in [1.82, 2.24) is 4.90 Å². The molecule has 0 saturated carbocycles. The normalized spacial score (nSPS) is 15.5. The Kier molecular flexibility index (Phi) is 6.02. The number of hydrogen-bond donors (Lipinski definition) is 2. The van der Waals surface area contributed by atoms with Crippen LogP contribution in [0.25, 0.3) is 0 Å². The Morgan fingerprint density at radius 1 is 1.20 bits per heavy atom. The number of carbonyl (C=O) groups is 3. The average Bonchev–Trinajstić information content (AvgIpc) is 3.14. The smallest absolute Gasteiger partial charge is 0.271 e. The maximum absolute atomic E-state index is 13.2. The second kappa shape index (κ2) is 8.50. The number of nitrogens with zero attached hydrogens (tertiary/aromatic N) is 3. The zero-order valence-electron chi connectivity index (χ0n) is 16.2. The summed E-state index contributed by atoms with van der Waals surface area (Å²) >= 11 is 6.16. The van der Waals surface area contributed by atoms with Gasteiger partial charge in [0, 0.05) is 26.2 Å². The standard InChI is InChI=1S/C20H19ClFN5O3/c1-26(2)20(30)14-8-5-12(9-15(14)21)24-19(29)16-10-17(18(23)28)27(25-16)13-6-3-11(22)4-7-13/h3-9,17H,10H2,1-2H3,(H2,23,28)(H,24,29). The second-order valence-corrected chi connectivity index (χ2v) is 7.25. The molecule has 1 heterocycles. The third kappa shape index (κ3) is 4.41. The molecule has 3 rings (SSSR count). The molecule has 2 aromatic carbocycles. The Hall–Kier alpha value is -3.46. The molecule has 0 radical (unpaired) electrons. The first kappa shape index (κ1) is 21.3.